The molecular formula is C24H31ClN8O. The van der Waals surface area contributed by atoms with Gasteiger partial charge in [0.2, 0.25) is 5.95 Å². The predicted molar refractivity (Wildman–Crippen MR) is 135 cm³/mol. The van der Waals surface area contributed by atoms with Gasteiger partial charge in [-0.1, -0.05) is 19.1 Å². The van der Waals surface area contributed by atoms with Gasteiger partial charge in [-0.05, 0) is 38.1 Å². The molecule has 0 aliphatic carbocycles. The van der Waals surface area contributed by atoms with Crippen LogP contribution in [0.1, 0.15) is 37.3 Å². The minimum absolute atomic E-state index is 0. The quantitative estimate of drug-likeness (QED) is 0.478. The second-order valence-corrected chi connectivity index (χ2v) is 8.88. The van der Waals surface area contributed by atoms with Crippen LogP contribution in [0, 0.1) is 0 Å². The Bertz CT molecular complexity index is 1300. The van der Waals surface area contributed by atoms with Gasteiger partial charge in [0.25, 0.3) is 0 Å². The normalized spacial score (nSPS) is 17.4. The molecule has 34 heavy (non-hydrogen) atoms. The molecule has 0 saturated carbocycles. The highest BCUT2D eigenvalue weighted by Crippen LogP contribution is 2.32. The van der Waals surface area contributed by atoms with E-state index in [1.807, 2.05) is 18.2 Å². The maximum Gasteiger partial charge on any atom is 0.239 e. The number of aryl methyl sites for hydroxylation is 2. The highest BCUT2D eigenvalue weighted by molar-refractivity contribution is 5.86. The number of benzene rings is 1. The lowest BCUT2D eigenvalue weighted by atomic mass is 9.97. The number of hydrogen-bond acceptors (Lipinski definition) is 7. The molecule has 3 aromatic heterocycles. The van der Waals surface area contributed by atoms with Gasteiger partial charge < -0.3 is 19.5 Å². The molecule has 0 unspecified atom stereocenters. The molecule has 180 valence electrons. The van der Waals surface area contributed by atoms with Gasteiger partial charge in [-0.3, -0.25) is 4.57 Å². The Morgan fingerprint density at radius 3 is 2.56 bits per heavy atom. The predicted octanol–water partition coefficient (Wildman–Crippen LogP) is 2.99. The molecule has 0 amide bonds. The van der Waals surface area contributed by atoms with Crippen LogP contribution in [-0.4, -0.2) is 68.5 Å². The summed E-state index contributed by atoms with van der Waals surface area (Å²) in [5.74, 6) is 4.07. The van der Waals surface area contributed by atoms with Crippen molar-refractivity contribution in [2.75, 3.05) is 44.3 Å². The number of rotatable bonds is 4. The van der Waals surface area contributed by atoms with Gasteiger partial charge in [-0.15, -0.1) is 12.4 Å². The number of fused-ring (bicyclic) bond motifs is 2. The van der Waals surface area contributed by atoms with E-state index >= 15 is 0 Å². The van der Waals surface area contributed by atoms with Gasteiger partial charge in [-0.25, -0.2) is 9.97 Å². The molecule has 5 heterocycles. The third-order valence-corrected chi connectivity index (χ3v) is 6.88. The summed E-state index contributed by atoms with van der Waals surface area (Å²) in [6.45, 7) is 7.18. The van der Waals surface area contributed by atoms with Crippen LogP contribution in [0.5, 0.6) is 0 Å². The fourth-order valence-corrected chi connectivity index (χ4v) is 5.13. The van der Waals surface area contributed by atoms with Crippen molar-refractivity contribution < 1.29 is 4.74 Å². The summed E-state index contributed by atoms with van der Waals surface area (Å²) in [7, 11) is 2.10. The fourth-order valence-electron chi connectivity index (χ4n) is 5.13. The maximum absolute atomic E-state index is 5.62. The van der Waals surface area contributed by atoms with Crippen molar-refractivity contribution in [3.63, 3.8) is 0 Å². The number of imidazole rings is 2. The third kappa shape index (κ3) is 3.81. The minimum atomic E-state index is 0. The van der Waals surface area contributed by atoms with Crippen molar-refractivity contribution >= 4 is 40.4 Å². The highest BCUT2D eigenvalue weighted by Gasteiger charge is 2.27. The molecule has 6 rings (SSSR count). The third-order valence-electron chi connectivity index (χ3n) is 6.88. The molecule has 2 aliphatic heterocycles. The zero-order valence-electron chi connectivity index (χ0n) is 19.7. The second kappa shape index (κ2) is 9.48. The lowest BCUT2D eigenvalue weighted by molar-refractivity contribution is 0.122. The largest absolute Gasteiger partial charge is 0.378 e. The van der Waals surface area contributed by atoms with Crippen LogP contribution in [0.2, 0.25) is 0 Å². The topological polar surface area (TPSA) is 85.9 Å². The van der Waals surface area contributed by atoms with Gasteiger partial charge in [-0.2, -0.15) is 9.97 Å². The summed E-state index contributed by atoms with van der Waals surface area (Å²) in [5, 5.41) is 3.46. The van der Waals surface area contributed by atoms with Crippen molar-refractivity contribution in [1.29, 1.82) is 0 Å². The molecule has 0 atom stereocenters. The Kier molecular flexibility index (Phi) is 6.42. The lowest BCUT2D eigenvalue weighted by Crippen LogP contribution is -2.37. The number of ether oxygens (including phenoxy) is 1. The molecule has 2 aliphatic rings. The Balaban J connectivity index is 0.00000241. The average molecular weight is 483 g/mol. The first-order chi connectivity index (χ1) is 16.2. The van der Waals surface area contributed by atoms with E-state index in [1.165, 1.54) is 0 Å². The monoisotopic (exact) mass is 482 g/mol. The first kappa shape index (κ1) is 23.0. The summed E-state index contributed by atoms with van der Waals surface area (Å²) in [6, 6.07) is 8.20. The lowest BCUT2D eigenvalue weighted by Gasteiger charge is -2.28. The van der Waals surface area contributed by atoms with Gasteiger partial charge in [0.05, 0.1) is 24.2 Å². The smallest absolute Gasteiger partial charge is 0.239 e. The van der Waals surface area contributed by atoms with E-state index in [0.717, 1.165) is 85.1 Å². The van der Waals surface area contributed by atoms with E-state index in [2.05, 4.69) is 39.4 Å². The Morgan fingerprint density at radius 2 is 1.79 bits per heavy atom. The highest BCUT2D eigenvalue weighted by atomic mass is 35.5. The number of halogens is 1. The number of nitrogens with zero attached hydrogens (tertiary/aromatic N) is 7. The standard InChI is InChI=1S/C24H30N8O.ClH/c1-3-19-26-17-6-4-5-7-18(17)32(19)24-28-22-20(23(29-24)31-12-14-33-15-13-31)27-21(30(22)2)16-8-10-25-11-9-16;/h4-7,16,25H,3,8-15H2,1-2H3;1H. The summed E-state index contributed by atoms with van der Waals surface area (Å²) < 4.78 is 9.91. The second-order valence-electron chi connectivity index (χ2n) is 8.88. The van der Waals surface area contributed by atoms with E-state index in [0.29, 0.717) is 25.1 Å². The van der Waals surface area contributed by atoms with E-state index in [-0.39, 0.29) is 12.4 Å². The van der Waals surface area contributed by atoms with Crippen LogP contribution in [0.25, 0.3) is 28.1 Å². The average Bonchev–Trinajstić information content (AvgIpc) is 3.42. The first-order valence-corrected chi connectivity index (χ1v) is 12.0. The summed E-state index contributed by atoms with van der Waals surface area (Å²) in [5.41, 5.74) is 3.77. The molecule has 1 aromatic carbocycles. The summed E-state index contributed by atoms with van der Waals surface area (Å²) >= 11 is 0. The number of aromatic nitrogens is 6. The molecule has 2 fully saturated rings. The van der Waals surface area contributed by atoms with Crippen LogP contribution in [0.4, 0.5) is 5.82 Å². The molecule has 9 nitrogen and oxygen atoms in total. The molecule has 4 aromatic rings. The van der Waals surface area contributed by atoms with Crippen molar-refractivity contribution in [2.45, 2.75) is 32.1 Å². The number of para-hydroxylation sites is 2. The number of morpholine rings is 1. The van der Waals surface area contributed by atoms with Gasteiger partial charge >= 0.3 is 0 Å². The van der Waals surface area contributed by atoms with Gasteiger partial charge in [0.1, 0.15) is 11.6 Å². The van der Waals surface area contributed by atoms with E-state index in [9.17, 15) is 0 Å². The number of anilines is 1. The van der Waals surface area contributed by atoms with E-state index < -0.39 is 0 Å². The van der Waals surface area contributed by atoms with Crippen LogP contribution >= 0.6 is 12.4 Å². The Hall–Kier alpha value is -2.75. The Labute approximate surface area is 205 Å². The van der Waals surface area contributed by atoms with Crippen LogP contribution in [0.15, 0.2) is 24.3 Å². The molecule has 0 radical (unpaired) electrons. The zero-order chi connectivity index (χ0) is 22.4. The minimum Gasteiger partial charge on any atom is -0.378 e. The summed E-state index contributed by atoms with van der Waals surface area (Å²) in [4.78, 5) is 22.5. The maximum atomic E-state index is 5.62. The van der Waals surface area contributed by atoms with Crippen LogP contribution in [0.3, 0.4) is 0 Å². The zero-order valence-corrected chi connectivity index (χ0v) is 20.5. The number of hydrogen-bond donors (Lipinski definition) is 1. The van der Waals surface area contributed by atoms with Crippen molar-refractivity contribution in [2.24, 2.45) is 7.05 Å². The fraction of sp³-hybridized carbons (Fsp3) is 0.500. The van der Waals surface area contributed by atoms with Crippen molar-refractivity contribution in [3.8, 4) is 5.95 Å². The van der Waals surface area contributed by atoms with E-state index in [1.54, 1.807) is 0 Å². The Morgan fingerprint density at radius 1 is 1.03 bits per heavy atom. The van der Waals surface area contributed by atoms with Crippen molar-refractivity contribution in [1.82, 2.24) is 34.4 Å². The molecule has 0 spiro atoms. The van der Waals surface area contributed by atoms with Crippen LogP contribution in [-0.2, 0) is 18.2 Å². The molecule has 1 N–H and O–H groups in total. The summed E-state index contributed by atoms with van der Waals surface area (Å²) in [6.07, 6.45) is 2.99. The van der Waals surface area contributed by atoms with Gasteiger partial charge in [0, 0.05) is 32.5 Å². The van der Waals surface area contributed by atoms with Crippen LogP contribution < -0.4 is 10.2 Å². The molecule has 2 saturated heterocycles. The number of piperidine rings is 1. The SMILES string of the molecule is CCc1nc2ccccc2n1-c1nc(N2CCOCC2)c2nc(C3CCNCC3)n(C)c2n1.Cl. The number of nitrogens with one attached hydrogen (secondary N) is 1. The molecule has 10 heteroatoms. The van der Waals surface area contributed by atoms with Gasteiger partial charge in [0.15, 0.2) is 17.0 Å². The molecular weight excluding hydrogens is 452 g/mol. The molecule has 0 bridgehead atoms. The van der Waals surface area contributed by atoms with Crippen molar-refractivity contribution in [3.05, 3.63) is 35.9 Å². The first-order valence-electron chi connectivity index (χ1n) is 12.0. The van der Waals surface area contributed by atoms with E-state index in [4.69, 9.17) is 24.7 Å².